The predicted octanol–water partition coefficient (Wildman–Crippen LogP) is 6.05. The zero-order chi connectivity index (χ0) is 21.5. The van der Waals surface area contributed by atoms with Crippen LogP contribution >= 0.6 is 0 Å². The third-order valence-electron chi connectivity index (χ3n) is 6.00. The monoisotopic (exact) mass is 409 g/mol. The summed E-state index contributed by atoms with van der Waals surface area (Å²) >= 11 is 0. The second-order valence-electron chi connectivity index (χ2n) is 7.82. The Morgan fingerprint density at radius 2 is 1.68 bits per heavy atom. The summed E-state index contributed by atoms with van der Waals surface area (Å²) in [6.07, 6.45) is 0.810. The molecule has 31 heavy (non-hydrogen) atoms. The van der Waals surface area contributed by atoms with E-state index in [4.69, 9.17) is 4.74 Å². The number of carbonyl (C=O) groups excluding carboxylic acids is 1. The molecule has 0 aliphatic heterocycles. The molecule has 1 N–H and O–H groups in total. The van der Waals surface area contributed by atoms with Crippen LogP contribution in [0, 0.1) is 0 Å². The third-order valence-corrected chi connectivity index (χ3v) is 6.00. The summed E-state index contributed by atoms with van der Waals surface area (Å²) in [7, 11) is 1.38. The lowest BCUT2D eigenvalue weighted by atomic mass is 10.0. The molecule has 0 unspecified atom stereocenters. The molecule has 4 nitrogen and oxygen atoms in total. The van der Waals surface area contributed by atoms with Crippen molar-refractivity contribution in [2.75, 3.05) is 7.11 Å². The molecule has 5 rings (SSSR count). The average Bonchev–Trinajstić information content (AvgIpc) is 3.12. The number of hydrogen-bond donors (Lipinski definition) is 1. The lowest BCUT2D eigenvalue weighted by Gasteiger charge is -2.10. The molecule has 1 aromatic heterocycles. The highest BCUT2D eigenvalue weighted by molar-refractivity contribution is 6.19. The first kappa shape index (κ1) is 19.2. The van der Waals surface area contributed by atoms with E-state index in [-0.39, 0.29) is 5.75 Å². The van der Waals surface area contributed by atoms with Gasteiger partial charge < -0.3 is 14.4 Å². The Bertz CT molecular complexity index is 1460. The fraction of sp³-hybridized carbons (Fsp3) is 0.148. The van der Waals surface area contributed by atoms with Gasteiger partial charge in [0, 0.05) is 11.9 Å². The third kappa shape index (κ3) is 3.12. The summed E-state index contributed by atoms with van der Waals surface area (Å²) in [4.78, 5) is 12.5. The molecule has 154 valence electrons. The summed E-state index contributed by atoms with van der Waals surface area (Å²) in [6, 6.07) is 24.3. The maximum absolute atomic E-state index is 12.5. The molecule has 0 fully saturated rings. The molecular weight excluding hydrogens is 386 g/mol. The highest BCUT2D eigenvalue weighted by Crippen LogP contribution is 2.39. The first-order valence-electron chi connectivity index (χ1n) is 10.4. The number of aromatic nitrogens is 1. The van der Waals surface area contributed by atoms with Crippen molar-refractivity contribution in [3.63, 3.8) is 0 Å². The molecule has 0 aliphatic carbocycles. The number of aryl methyl sites for hydroxylation is 1. The molecule has 0 saturated heterocycles. The van der Waals surface area contributed by atoms with Crippen LogP contribution in [0.1, 0.15) is 28.4 Å². The van der Waals surface area contributed by atoms with E-state index < -0.39 is 5.97 Å². The maximum Gasteiger partial charge on any atom is 0.338 e. The normalized spacial score (nSPS) is 11.4. The van der Waals surface area contributed by atoms with Gasteiger partial charge in [-0.1, -0.05) is 49.4 Å². The largest absolute Gasteiger partial charge is 0.507 e. The smallest absolute Gasteiger partial charge is 0.338 e. The van der Waals surface area contributed by atoms with Crippen molar-refractivity contribution in [2.45, 2.75) is 19.9 Å². The minimum Gasteiger partial charge on any atom is -0.507 e. The van der Waals surface area contributed by atoms with Crippen molar-refractivity contribution in [1.29, 1.82) is 0 Å². The second-order valence-corrected chi connectivity index (χ2v) is 7.82. The first-order chi connectivity index (χ1) is 15.1. The highest BCUT2D eigenvalue weighted by Gasteiger charge is 2.21. The van der Waals surface area contributed by atoms with Crippen LogP contribution in [0.2, 0.25) is 0 Å². The van der Waals surface area contributed by atoms with Crippen LogP contribution in [-0.4, -0.2) is 22.8 Å². The molecule has 5 aromatic rings. The Morgan fingerprint density at radius 1 is 0.871 bits per heavy atom. The minimum absolute atomic E-state index is 0.188. The molecule has 0 bridgehead atoms. The molecule has 0 atom stereocenters. The summed E-state index contributed by atoms with van der Waals surface area (Å²) in [5, 5.41) is 14.7. The fourth-order valence-corrected chi connectivity index (χ4v) is 4.47. The van der Waals surface area contributed by atoms with E-state index in [1.54, 1.807) is 12.1 Å². The summed E-state index contributed by atoms with van der Waals surface area (Å²) in [5.74, 6) is -0.220. The van der Waals surface area contributed by atoms with Gasteiger partial charge in [0.05, 0.1) is 29.1 Å². The van der Waals surface area contributed by atoms with Gasteiger partial charge in [-0.25, -0.2) is 4.79 Å². The van der Waals surface area contributed by atoms with E-state index in [2.05, 4.69) is 47.9 Å². The number of ether oxygens (including phenoxy) is 1. The lowest BCUT2D eigenvalue weighted by Crippen LogP contribution is -2.03. The molecular formula is C27H23NO3. The van der Waals surface area contributed by atoms with Gasteiger partial charge in [0.1, 0.15) is 5.75 Å². The van der Waals surface area contributed by atoms with Crippen molar-refractivity contribution in [1.82, 2.24) is 4.57 Å². The first-order valence-corrected chi connectivity index (χ1v) is 10.4. The lowest BCUT2D eigenvalue weighted by molar-refractivity contribution is 0.0603. The van der Waals surface area contributed by atoms with Crippen LogP contribution in [0.25, 0.3) is 32.6 Å². The van der Waals surface area contributed by atoms with Gasteiger partial charge in [0.15, 0.2) is 0 Å². The van der Waals surface area contributed by atoms with Gasteiger partial charge in [-0.2, -0.15) is 0 Å². The number of fused-ring (bicyclic) bond motifs is 4. The van der Waals surface area contributed by atoms with E-state index >= 15 is 0 Å². The van der Waals surface area contributed by atoms with Gasteiger partial charge in [0.25, 0.3) is 0 Å². The van der Waals surface area contributed by atoms with Crippen LogP contribution in [0.3, 0.4) is 0 Å². The van der Waals surface area contributed by atoms with Crippen LogP contribution < -0.4 is 0 Å². The number of phenolic OH excluding ortho intramolecular Hbond substituents is 1. The number of esters is 1. The Labute approximate surface area is 180 Å². The van der Waals surface area contributed by atoms with E-state index in [0.29, 0.717) is 17.5 Å². The molecule has 0 spiro atoms. The van der Waals surface area contributed by atoms with Crippen molar-refractivity contribution >= 4 is 38.5 Å². The number of phenols is 1. The predicted molar refractivity (Wildman–Crippen MR) is 125 cm³/mol. The molecule has 0 saturated carbocycles. The molecule has 1 heterocycles. The van der Waals surface area contributed by atoms with Gasteiger partial charge in [-0.3, -0.25) is 0 Å². The number of carbonyl (C=O) groups is 1. The topological polar surface area (TPSA) is 51.5 Å². The average molecular weight is 409 g/mol. The molecule has 0 radical (unpaired) electrons. The summed E-state index contributed by atoms with van der Waals surface area (Å²) in [6.45, 7) is 2.69. The van der Waals surface area contributed by atoms with Crippen LogP contribution in [-0.2, 0) is 17.7 Å². The molecule has 0 aliphatic rings. The number of hydrogen-bond acceptors (Lipinski definition) is 3. The van der Waals surface area contributed by atoms with Crippen molar-refractivity contribution in [3.05, 3.63) is 89.5 Å². The van der Waals surface area contributed by atoms with Crippen molar-refractivity contribution in [2.24, 2.45) is 0 Å². The molecule has 4 aromatic carbocycles. The molecule has 0 amide bonds. The van der Waals surface area contributed by atoms with E-state index in [9.17, 15) is 9.90 Å². The number of rotatable bonds is 4. The highest BCUT2D eigenvalue weighted by atomic mass is 16.5. The van der Waals surface area contributed by atoms with Gasteiger partial charge in [0.2, 0.25) is 0 Å². The Hall–Kier alpha value is -3.79. The zero-order valence-electron chi connectivity index (χ0n) is 17.6. The van der Waals surface area contributed by atoms with Gasteiger partial charge in [-0.15, -0.1) is 0 Å². The molecule has 4 heteroatoms. The maximum atomic E-state index is 12.5. The quantitative estimate of drug-likeness (QED) is 0.368. The van der Waals surface area contributed by atoms with Crippen LogP contribution in [0.15, 0.2) is 72.8 Å². The number of nitrogens with zero attached hydrogens (tertiary/aromatic N) is 1. The summed E-state index contributed by atoms with van der Waals surface area (Å²) in [5.41, 5.74) is 4.47. The Balaban J connectivity index is 1.81. The fourth-order valence-electron chi connectivity index (χ4n) is 4.47. The zero-order valence-corrected chi connectivity index (χ0v) is 17.6. The van der Waals surface area contributed by atoms with Gasteiger partial charge in [-0.05, 0) is 58.7 Å². The SMILES string of the molecule is CCc1cc(O)c2c3c(C(=O)OC)cccc3n(Cc3ccc4ccccc4c3)c2c1. The standard InChI is InChI=1S/C27H23NO3/c1-3-17-14-23-26(24(29)15-17)25-21(27(30)31-2)9-6-10-22(25)28(23)16-18-11-12-19-7-4-5-8-20(19)13-18/h4-15,29H,3,16H2,1-2H3. The minimum atomic E-state index is -0.408. The Morgan fingerprint density at radius 3 is 2.45 bits per heavy atom. The van der Waals surface area contributed by atoms with Crippen LogP contribution in [0.5, 0.6) is 5.75 Å². The summed E-state index contributed by atoms with van der Waals surface area (Å²) < 4.78 is 7.20. The van der Waals surface area contributed by atoms with E-state index in [0.717, 1.165) is 34.0 Å². The van der Waals surface area contributed by atoms with Crippen molar-refractivity contribution < 1.29 is 14.6 Å². The van der Waals surface area contributed by atoms with E-state index in [1.165, 1.54) is 17.9 Å². The number of methoxy groups -OCH3 is 1. The van der Waals surface area contributed by atoms with Crippen molar-refractivity contribution in [3.8, 4) is 5.75 Å². The number of aromatic hydroxyl groups is 1. The number of benzene rings is 4. The van der Waals surface area contributed by atoms with Crippen LogP contribution in [0.4, 0.5) is 0 Å². The second kappa shape index (κ2) is 7.47. The van der Waals surface area contributed by atoms with Gasteiger partial charge >= 0.3 is 5.97 Å². The van der Waals surface area contributed by atoms with E-state index in [1.807, 2.05) is 24.3 Å². The Kier molecular flexibility index (Phi) is 4.63.